The van der Waals surface area contributed by atoms with E-state index in [1.165, 1.54) is 23.2 Å². The summed E-state index contributed by atoms with van der Waals surface area (Å²) >= 11 is 5.87. The van der Waals surface area contributed by atoms with Crippen LogP contribution in [0, 0.1) is 10.1 Å². The summed E-state index contributed by atoms with van der Waals surface area (Å²) in [6.07, 6.45) is 1.93. The maximum absolute atomic E-state index is 13.2. The zero-order valence-corrected chi connectivity index (χ0v) is 17.3. The number of H-pyrrole nitrogens is 1. The van der Waals surface area contributed by atoms with E-state index in [2.05, 4.69) is 4.98 Å². The molecule has 1 aromatic heterocycles. The molecule has 0 spiro atoms. The van der Waals surface area contributed by atoms with E-state index in [1.54, 1.807) is 6.92 Å². The molecule has 8 nitrogen and oxygen atoms in total. The number of nitrogens with one attached hydrogen (secondary N) is 1. The van der Waals surface area contributed by atoms with Crippen LogP contribution in [0.2, 0.25) is 5.02 Å². The van der Waals surface area contributed by atoms with Gasteiger partial charge < -0.3 is 14.6 Å². The molecule has 1 aliphatic rings. The Kier molecular flexibility index (Phi) is 5.48. The van der Waals surface area contributed by atoms with E-state index in [0.29, 0.717) is 12.1 Å². The summed E-state index contributed by atoms with van der Waals surface area (Å²) in [7, 11) is 0. The summed E-state index contributed by atoms with van der Waals surface area (Å²) < 4.78 is 5.22. The Bertz CT molecular complexity index is 1250. The Balaban J connectivity index is 1.78. The molecule has 9 heteroatoms. The Hall–Kier alpha value is -3.65. The smallest absolute Gasteiger partial charge is 0.341 e. The van der Waals surface area contributed by atoms with Crippen LogP contribution in [0.4, 0.5) is 5.69 Å². The highest BCUT2D eigenvalue weighted by molar-refractivity contribution is 6.32. The molecule has 3 aromatic rings. The van der Waals surface area contributed by atoms with Crippen molar-refractivity contribution in [2.75, 3.05) is 13.2 Å². The molecule has 4 rings (SSSR count). The fourth-order valence-electron chi connectivity index (χ4n) is 3.68. The summed E-state index contributed by atoms with van der Waals surface area (Å²) in [5.74, 6) is -1.03. The topological polar surface area (TPSA) is 106 Å². The van der Waals surface area contributed by atoms with Gasteiger partial charge in [0, 0.05) is 35.3 Å². The summed E-state index contributed by atoms with van der Waals surface area (Å²) in [5.41, 5.74) is 2.38. The molecule has 158 valence electrons. The highest BCUT2D eigenvalue weighted by Gasteiger charge is 2.28. The quantitative estimate of drug-likeness (QED) is 0.370. The number of rotatable bonds is 4. The van der Waals surface area contributed by atoms with E-state index in [4.69, 9.17) is 16.3 Å². The largest absolute Gasteiger partial charge is 0.462 e. The Labute approximate surface area is 182 Å². The van der Waals surface area contributed by atoms with Gasteiger partial charge in [0.25, 0.3) is 11.6 Å². The summed E-state index contributed by atoms with van der Waals surface area (Å²) in [6.45, 7) is 2.17. The van der Waals surface area contributed by atoms with Gasteiger partial charge >= 0.3 is 5.97 Å². The van der Waals surface area contributed by atoms with Gasteiger partial charge in [0.15, 0.2) is 0 Å². The number of fused-ring (bicyclic) bond motifs is 3. The second kappa shape index (κ2) is 8.23. The highest BCUT2D eigenvalue weighted by Crippen LogP contribution is 2.32. The monoisotopic (exact) mass is 439 g/mol. The van der Waals surface area contributed by atoms with Crippen molar-refractivity contribution < 1.29 is 19.2 Å². The van der Waals surface area contributed by atoms with E-state index in [1.807, 2.05) is 24.3 Å². The van der Waals surface area contributed by atoms with Crippen molar-refractivity contribution in [1.29, 1.82) is 0 Å². The van der Waals surface area contributed by atoms with Crippen molar-refractivity contribution in [1.82, 2.24) is 9.88 Å². The number of hydrogen-bond donors (Lipinski definition) is 1. The van der Waals surface area contributed by atoms with Crippen molar-refractivity contribution in [2.24, 2.45) is 0 Å². The third-order valence-electron chi connectivity index (χ3n) is 5.12. The Morgan fingerprint density at radius 2 is 2.03 bits per heavy atom. The molecule has 0 atom stereocenters. The second-order valence-electron chi connectivity index (χ2n) is 6.96. The predicted molar refractivity (Wildman–Crippen MR) is 116 cm³/mol. The van der Waals surface area contributed by atoms with Crippen molar-refractivity contribution in [2.45, 2.75) is 13.3 Å². The molecule has 2 heterocycles. The zero-order valence-electron chi connectivity index (χ0n) is 16.6. The first-order valence-electron chi connectivity index (χ1n) is 9.64. The van der Waals surface area contributed by atoms with E-state index in [9.17, 15) is 19.7 Å². The lowest BCUT2D eigenvalue weighted by molar-refractivity contribution is -0.384. The first kappa shape index (κ1) is 20.6. The first-order chi connectivity index (χ1) is 14.9. The Morgan fingerprint density at radius 1 is 1.26 bits per heavy atom. The number of amides is 1. The number of ether oxygens (including phenoxy) is 1. The number of carbonyl (C=O) groups excluding carboxylic acids is 2. The van der Waals surface area contributed by atoms with Gasteiger partial charge in [-0.15, -0.1) is 0 Å². The number of halogens is 1. The highest BCUT2D eigenvalue weighted by atomic mass is 35.5. The average Bonchev–Trinajstić information content (AvgIpc) is 3.01. The lowest BCUT2D eigenvalue weighted by Crippen LogP contribution is -2.28. The van der Waals surface area contributed by atoms with Gasteiger partial charge in [-0.2, -0.15) is 0 Å². The number of benzene rings is 2. The van der Waals surface area contributed by atoms with Gasteiger partial charge in [0.1, 0.15) is 5.02 Å². The number of aromatic amines is 1. The molecule has 0 fully saturated rings. The average molecular weight is 440 g/mol. The fourth-order valence-corrected chi connectivity index (χ4v) is 3.87. The van der Waals surface area contributed by atoms with Crippen LogP contribution in [0.25, 0.3) is 16.5 Å². The minimum atomic E-state index is -0.641. The van der Waals surface area contributed by atoms with Crippen molar-refractivity contribution >= 4 is 45.6 Å². The fraction of sp³-hybridized carbons (Fsp3) is 0.182. The van der Waals surface area contributed by atoms with E-state index in [-0.39, 0.29) is 35.0 Å². The second-order valence-corrected chi connectivity index (χ2v) is 7.37. The normalized spacial score (nSPS) is 13.4. The van der Waals surface area contributed by atoms with E-state index in [0.717, 1.165) is 22.5 Å². The minimum absolute atomic E-state index is 0.0541. The number of nitro groups is 1. The molecule has 1 amide bonds. The zero-order chi connectivity index (χ0) is 22.1. The predicted octanol–water partition coefficient (Wildman–Crippen LogP) is 4.33. The first-order valence-corrected chi connectivity index (χ1v) is 10.0. The number of hydrogen-bond acceptors (Lipinski definition) is 5. The molecule has 1 N–H and O–H groups in total. The lowest BCUT2D eigenvalue weighted by atomic mass is 10.0. The number of nitro benzene ring substituents is 1. The molecule has 1 aliphatic heterocycles. The number of nitrogens with zero attached hydrogens (tertiary/aromatic N) is 2. The molecule has 0 radical (unpaired) electrons. The van der Waals surface area contributed by atoms with Crippen LogP contribution in [0.15, 0.2) is 48.7 Å². The summed E-state index contributed by atoms with van der Waals surface area (Å²) in [5, 5.41) is 12.1. The number of esters is 1. The number of carbonyl (C=O) groups is 2. The number of aromatic nitrogens is 1. The maximum Gasteiger partial charge on any atom is 0.341 e. The molecule has 31 heavy (non-hydrogen) atoms. The van der Waals surface area contributed by atoms with Crippen LogP contribution in [0.5, 0.6) is 0 Å². The maximum atomic E-state index is 13.2. The summed E-state index contributed by atoms with van der Waals surface area (Å²) in [4.78, 5) is 41.1. The van der Waals surface area contributed by atoms with E-state index < -0.39 is 16.8 Å². The lowest BCUT2D eigenvalue weighted by Gasteiger charge is -2.18. The van der Waals surface area contributed by atoms with Crippen molar-refractivity contribution in [3.05, 3.63) is 80.6 Å². The van der Waals surface area contributed by atoms with Crippen LogP contribution in [-0.4, -0.2) is 39.8 Å². The van der Waals surface area contributed by atoms with Crippen LogP contribution in [0.1, 0.15) is 28.5 Å². The molecule has 0 bridgehead atoms. The van der Waals surface area contributed by atoms with Crippen LogP contribution < -0.4 is 0 Å². The third-order valence-corrected chi connectivity index (χ3v) is 5.44. The van der Waals surface area contributed by atoms with Gasteiger partial charge in [-0.05, 0) is 37.1 Å². The molecular formula is C22H18ClN3O5. The molecule has 2 aromatic carbocycles. The van der Waals surface area contributed by atoms with Crippen molar-refractivity contribution in [3.63, 3.8) is 0 Å². The standard InChI is InChI=1S/C22H18ClN3O5/c1-2-31-22(28)16-12-25(21(27)13-7-8-17(23)19(11-13)26(29)30)10-9-15-14-5-3-4-6-18(14)24-20(15)16/h3-8,11-12,24H,2,9-10H2,1H3. The SMILES string of the molecule is CCOC(=O)C1=CN(C(=O)c2ccc(Cl)c([N+](=O)[O-])c2)CCc2c1[nH]c1ccccc21. The molecule has 0 saturated heterocycles. The van der Waals surface area contributed by atoms with Gasteiger partial charge in [0.2, 0.25) is 0 Å². The third kappa shape index (κ3) is 3.77. The minimum Gasteiger partial charge on any atom is -0.462 e. The van der Waals surface area contributed by atoms with Crippen LogP contribution >= 0.6 is 11.6 Å². The molecule has 0 unspecified atom stereocenters. The molecular weight excluding hydrogens is 422 g/mol. The van der Waals surface area contributed by atoms with Gasteiger partial charge in [-0.1, -0.05) is 29.8 Å². The summed E-state index contributed by atoms with van der Waals surface area (Å²) in [6, 6.07) is 11.6. The Morgan fingerprint density at radius 3 is 2.77 bits per heavy atom. The van der Waals surface area contributed by atoms with Gasteiger partial charge in [-0.25, -0.2) is 4.79 Å². The molecule has 0 saturated carbocycles. The van der Waals surface area contributed by atoms with Crippen molar-refractivity contribution in [3.8, 4) is 0 Å². The molecule has 0 aliphatic carbocycles. The van der Waals surface area contributed by atoms with Gasteiger partial charge in [0.05, 0.1) is 22.8 Å². The van der Waals surface area contributed by atoms with Crippen LogP contribution in [-0.2, 0) is 16.0 Å². The van der Waals surface area contributed by atoms with Crippen LogP contribution in [0.3, 0.4) is 0 Å². The van der Waals surface area contributed by atoms with E-state index >= 15 is 0 Å². The number of para-hydroxylation sites is 1. The van der Waals surface area contributed by atoms with Gasteiger partial charge in [-0.3, -0.25) is 14.9 Å².